The van der Waals surface area contributed by atoms with Crippen LogP contribution in [-0.2, 0) is 16.2 Å². The van der Waals surface area contributed by atoms with E-state index in [1.54, 1.807) is 42.3 Å². The molecule has 5 nitrogen and oxygen atoms in total. The Morgan fingerprint density at radius 1 is 1.21 bits per heavy atom. The molecule has 206 valence electrons. The second kappa shape index (κ2) is 8.82. The van der Waals surface area contributed by atoms with E-state index in [0.717, 1.165) is 0 Å². The molecule has 0 bridgehead atoms. The highest BCUT2D eigenvalue weighted by Crippen LogP contribution is 2.72. The number of hydrogen-bond acceptors (Lipinski definition) is 5. The van der Waals surface area contributed by atoms with Crippen LogP contribution in [0.15, 0.2) is 42.0 Å². The number of carbonyl (C=O) groups is 1. The number of benzene rings is 1. The van der Waals surface area contributed by atoms with Crippen molar-refractivity contribution in [1.82, 2.24) is 5.06 Å². The first-order chi connectivity index (χ1) is 17.9. The molecule has 1 aromatic rings. The van der Waals surface area contributed by atoms with Crippen LogP contribution in [0.5, 0.6) is 0 Å². The number of Topliss-reactive ketones (excluding diaryl/α,β-unsaturated/α-hetero) is 1. The van der Waals surface area contributed by atoms with Crippen molar-refractivity contribution in [3.63, 3.8) is 0 Å². The number of rotatable bonds is 4. The Bertz CT molecular complexity index is 1220. The summed E-state index contributed by atoms with van der Waals surface area (Å²) in [5.41, 5.74) is -4.80. The van der Waals surface area contributed by atoms with E-state index in [1.807, 2.05) is 13.0 Å². The van der Waals surface area contributed by atoms with Crippen molar-refractivity contribution in [2.45, 2.75) is 69.6 Å². The summed E-state index contributed by atoms with van der Waals surface area (Å²) in [6.45, 7) is 3.34. The Balaban J connectivity index is 1.40. The minimum Gasteiger partial charge on any atom is -0.390 e. The van der Waals surface area contributed by atoms with Crippen molar-refractivity contribution in [3.8, 4) is 0 Å². The van der Waals surface area contributed by atoms with E-state index < -0.39 is 58.6 Å². The van der Waals surface area contributed by atoms with E-state index in [2.05, 4.69) is 0 Å². The second-order valence-corrected chi connectivity index (χ2v) is 13.0. The maximum absolute atomic E-state index is 17.4. The summed E-state index contributed by atoms with van der Waals surface area (Å²) in [6, 6.07) is 5.20. The largest absolute Gasteiger partial charge is 0.390 e. The van der Waals surface area contributed by atoms with Gasteiger partial charge in [-0.05, 0) is 56.2 Å². The van der Waals surface area contributed by atoms with E-state index in [-0.39, 0.29) is 25.3 Å². The van der Waals surface area contributed by atoms with Gasteiger partial charge >= 0.3 is 0 Å². The molecule has 5 aliphatic rings. The molecule has 0 radical (unpaired) electrons. The molecule has 1 saturated heterocycles. The second-order valence-electron chi connectivity index (χ2n) is 12.2. The fraction of sp³-hybridized carbons (Fsp3) is 0.621. The van der Waals surface area contributed by atoms with E-state index in [4.69, 9.17) is 28.0 Å². The maximum atomic E-state index is 17.4. The molecule has 1 aliphatic heterocycles. The van der Waals surface area contributed by atoms with Gasteiger partial charge in [0.2, 0.25) is 0 Å². The molecule has 9 atom stereocenters. The van der Waals surface area contributed by atoms with Crippen LogP contribution in [-0.4, -0.2) is 57.8 Å². The van der Waals surface area contributed by atoms with Gasteiger partial charge in [0.15, 0.2) is 17.1 Å². The number of alkyl halides is 2. The van der Waals surface area contributed by atoms with E-state index in [1.165, 1.54) is 0 Å². The quantitative estimate of drug-likeness (QED) is 0.476. The van der Waals surface area contributed by atoms with Gasteiger partial charge in [-0.1, -0.05) is 54.4 Å². The number of nitrogens with zero attached hydrogens (tertiary/aromatic N) is 1. The lowest BCUT2D eigenvalue weighted by atomic mass is 9.44. The number of hydroxylamine groups is 2. The number of fused-ring (bicyclic) bond motifs is 7. The van der Waals surface area contributed by atoms with Gasteiger partial charge in [-0.15, -0.1) is 0 Å². The van der Waals surface area contributed by atoms with Crippen molar-refractivity contribution in [2.75, 3.05) is 13.2 Å². The number of aliphatic hydroxyl groups excluding tert-OH is 2. The Kier molecular flexibility index (Phi) is 6.23. The fourth-order valence-corrected chi connectivity index (χ4v) is 9.56. The van der Waals surface area contributed by atoms with Gasteiger partial charge in [0.05, 0.1) is 12.6 Å². The zero-order valence-corrected chi connectivity index (χ0v) is 23.0. The molecule has 3 saturated carbocycles. The van der Waals surface area contributed by atoms with E-state index in [0.29, 0.717) is 40.6 Å². The van der Waals surface area contributed by atoms with Gasteiger partial charge < -0.3 is 10.2 Å². The van der Waals surface area contributed by atoms with Gasteiger partial charge in [-0.3, -0.25) is 9.63 Å². The van der Waals surface area contributed by atoms with E-state index >= 15 is 8.78 Å². The molecular weight excluding hydrogens is 535 g/mol. The molecule has 6 rings (SSSR count). The highest BCUT2D eigenvalue weighted by molar-refractivity contribution is 6.35. The van der Waals surface area contributed by atoms with Crippen LogP contribution in [0.25, 0.3) is 0 Å². The summed E-state index contributed by atoms with van der Waals surface area (Å²) in [6.07, 6.45) is 3.39. The number of ketones is 1. The summed E-state index contributed by atoms with van der Waals surface area (Å²) >= 11 is 12.8. The molecule has 1 aromatic carbocycles. The molecule has 2 N–H and O–H groups in total. The van der Waals surface area contributed by atoms with Crippen LogP contribution < -0.4 is 0 Å². The summed E-state index contributed by atoms with van der Waals surface area (Å²) in [5.74, 6) is -2.12. The third-order valence-electron chi connectivity index (χ3n) is 10.7. The average molecular weight is 568 g/mol. The van der Waals surface area contributed by atoms with Crippen molar-refractivity contribution < 1.29 is 28.6 Å². The summed E-state index contributed by atoms with van der Waals surface area (Å²) < 4.78 is 33.1. The number of hydrogen-bond donors (Lipinski definition) is 2. The molecular formula is C29H33Cl2F2NO4. The molecule has 38 heavy (non-hydrogen) atoms. The number of carbonyl (C=O) groups excluding carboxylic acids is 1. The van der Waals surface area contributed by atoms with Crippen molar-refractivity contribution in [1.29, 1.82) is 0 Å². The Morgan fingerprint density at radius 3 is 2.61 bits per heavy atom. The first-order valence-electron chi connectivity index (χ1n) is 13.3. The van der Waals surface area contributed by atoms with Crippen LogP contribution in [0.3, 0.4) is 0 Å². The minimum absolute atomic E-state index is 0.0404. The SMILES string of the molecule is C[C@]12C=CCC=C1[C@@H](F)C[C@H]1C3C[C@H]4CN(Cc5c(Cl)cccc5Cl)O[C@@]4(C(=O)CO)[C@@]3(C)C[C@H](O)[C@@]12F. The van der Waals surface area contributed by atoms with Crippen molar-refractivity contribution in [3.05, 3.63) is 57.6 Å². The fourth-order valence-electron chi connectivity index (χ4n) is 9.04. The first kappa shape index (κ1) is 26.9. The number of halogens is 4. The normalized spacial score (nSPS) is 45.7. The van der Waals surface area contributed by atoms with E-state index in [9.17, 15) is 15.0 Å². The zero-order valence-electron chi connectivity index (χ0n) is 21.5. The molecule has 4 aliphatic carbocycles. The van der Waals surface area contributed by atoms with Crippen LogP contribution in [0.4, 0.5) is 8.78 Å². The van der Waals surface area contributed by atoms with Crippen LogP contribution in [0.1, 0.15) is 45.1 Å². The molecule has 0 spiro atoms. The highest BCUT2D eigenvalue weighted by atomic mass is 35.5. The molecule has 1 unspecified atom stereocenters. The predicted molar refractivity (Wildman–Crippen MR) is 140 cm³/mol. The lowest BCUT2D eigenvalue weighted by Crippen LogP contribution is -2.70. The smallest absolute Gasteiger partial charge is 0.192 e. The summed E-state index contributed by atoms with van der Waals surface area (Å²) in [5, 5.41) is 24.3. The lowest BCUT2D eigenvalue weighted by Gasteiger charge is -2.63. The summed E-state index contributed by atoms with van der Waals surface area (Å²) in [4.78, 5) is 20.1. The molecule has 1 heterocycles. The number of aliphatic hydroxyl groups is 2. The Morgan fingerprint density at radius 2 is 1.92 bits per heavy atom. The topological polar surface area (TPSA) is 70.0 Å². The Labute approximate surface area is 231 Å². The lowest BCUT2D eigenvalue weighted by molar-refractivity contribution is -0.269. The average Bonchev–Trinajstić information content (AvgIpc) is 3.35. The zero-order chi connectivity index (χ0) is 27.3. The molecule has 9 heteroatoms. The standard InChI is InChI=1S/C29H33Cl2F2NO4/c1-26-9-4-3-6-18(26)23(32)11-20-19-10-16-13-34(14-17-21(30)7-5-8-22(17)31)38-29(16,25(37)15-35)27(19,2)12-24(36)28(20,26)33/h4-9,16,19-20,23-24,35-36H,3,10-15H2,1-2H3/t16-,19?,20-,23-,24-,26-,27-,28-,29-/m0/s1. The molecule has 0 aromatic heterocycles. The molecule has 4 fully saturated rings. The number of allylic oxidation sites excluding steroid dienone is 4. The van der Waals surface area contributed by atoms with Crippen LogP contribution >= 0.6 is 23.2 Å². The predicted octanol–water partition coefficient (Wildman–Crippen LogP) is 5.41. The van der Waals surface area contributed by atoms with Crippen molar-refractivity contribution >= 4 is 29.0 Å². The van der Waals surface area contributed by atoms with Crippen LogP contribution in [0, 0.1) is 28.6 Å². The Hall–Kier alpha value is -1.35. The maximum Gasteiger partial charge on any atom is 0.192 e. The van der Waals surface area contributed by atoms with Crippen LogP contribution in [0.2, 0.25) is 10.0 Å². The summed E-state index contributed by atoms with van der Waals surface area (Å²) in [7, 11) is 0. The molecule has 0 amide bonds. The third kappa shape index (κ3) is 3.20. The van der Waals surface area contributed by atoms with Gasteiger partial charge in [0.25, 0.3) is 0 Å². The highest BCUT2D eigenvalue weighted by Gasteiger charge is 2.79. The minimum atomic E-state index is -2.09. The van der Waals surface area contributed by atoms with Gasteiger partial charge in [-0.25, -0.2) is 8.78 Å². The van der Waals surface area contributed by atoms with Crippen molar-refractivity contribution in [2.24, 2.45) is 28.6 Å². The monoisotopic (exact) mass is 567 g/mol. The van der Waals surface area contributed by atoms with Gasteiger partial charge in [0, 0.05) is 44.8 Å². The third-order valence-corrected chi connectivity index (χ3v) is 11.4. The van der Waals surface area contributed by atoms with Gasteiger partial charge in [0.1, 0.15) is 12.8 Å². The van der Waals surface area contributed by atoms with Gasteiger partial charge in [-0.2, -0.15) is 5.06 Å². The first-order valence-corrected chi connectivity index (χ1v) is 14.1.